The zero-order chi connectivity index (χ0) is 26.9. The van der Waals surface area contributed by atoms with E-state index in [-0.39, 0.29) is 6.71 Å². The van der Waals surface area contributed by atoms with E-state index in [2.05, 4.69) is 153 Å². The molecule has 4 aromatic carbocycles. The molecule has 2 heteroatoms. The fourth-order valence-corrected chi connectivity index (χ4v) is 4.98. The lowest BCUT2D eigenvalue weighted by atomic mass is 9.37. The number of nitrogens with zero attached hydrogens (tertiary/aromatic N) is 1. The van der Waals surface area contributed by atoms with E-state index in [0.717, 1.165) is 5.70 Å². The third kappa shape index (κ3) is 5.55. The van der Waals surface area contributed by atoms with E-state index in [1.54, 1.807) is 12.2 Å². The summed E-state index contributed by atoms with van der Waals surface area (Å²) in [5.41, 5.74) is 8.68. The van der Waals surface area contributed by atoms with Gasteiger partial charge in [-0.05, 0) is 44.2 Å². The van der Waals surface area contributed by atoms with Crippen LogP contribution in [0.2, 0.25) is 0 Å². The van der Waals surface area contributed by atoms with Gasteiger partial charge < -0.3 is 4.57 Å². The van der Waals surface area contributed by atoms with Gasteiger partial charge in [-0.1, -0.05) is 145 Å². The number of hydrogen-bond acceptors (Lipinski definition) is 0. The van der Waals surface area contributed by atoms with Gasteiger partial charge in [-0.25, -0.2) is 0 Å². The van der Waals surface area contributed by atoms with Crippen molar-refractivity contribution < 1.29 is 0 Å². The molecule has 0 N–H and O–H groups in total. The van der Waals surface area contributed by atoms with Crippen LogP contribution in [0.25, 0.3) is 27.5 Å². The highest BCUT2D eigenvalue weighted by Gasteiger charge is 2.23. The third-order valence-corrected chi connectivity index (χ3v) is 6.59. The number of aryl methyl sites for hydroxylation is 1. The molecule has 0 saturated heterocycles. The van der Waals surface area contributed by atoms with Crippen molar-refractivity contribution in [3.8, 4) is 0 Å². The standard InChI is InChI=1S/C32H28BN.C4H6/c1-4-12-28(13-5-2)34-31-20-18-24(3)22-29(31)30-23-27(19-21-32(30)34)33(25-14-8-6-9-15-25)26-16-10-7-11-17-26;1-3-4-2/h4-23H,1H2,2-3H3;3-4H,1-2H2/b13-5-,28-12+;. The first kappa shape index (κ1) is 26.5. The molecule has 0 unspecified atom stereocenters. The minimum absolute atomic E-state index is 0.175. The van der Waals surface area contributed by atoms with Crippen molar-refractivity contribution in [3.63, 3.8) is 0 Å². The third-order valence-electron chi connectivity index (χ3n) is 6.59. The molecule has 0 spiro atoms. The SMILES string of the molecule is C=C/C=C(\C=C/C)n1c2ccc(C)cc2c2cc(B(c3ccccc3)c3ccccc3)ccc21.C=CC=C. The summed E-state index contributed by atoms with van der Waals surface area (Å²) in [6.45, 7) is 15.1. The van der Waals surface area contributed by atoms with E-state index in [0.29, 0.717) is 0 Å². The molecule has 0 saturated carbocycles. The van der Waals surface area contributed by atoms with Gasteiger partial charge in [-0.3, -0.25) is 0 Å². The number of aromatic nitrogens is 1. The first-order valence-corrected chi connectivity index (χ1v) is 13.0. The summed E-state index contributed by atoms with van der Waals surface area (Å²) in [7, 11) is 0. The van der Waals surface area contributed by atoms with Crippen molar-refractivity contribution in [1.82, 2.24) is 4.57 Å². The summed E-state index contributed by atoms with van der Waals surface area (Å²) in [5.74, 6) is 0. The molecule has 0 atom stereocenters. The molecular formula is C36H34BN. The summed E-state index contributed by atoms with van der Waals surface area (Å²) in [4.78, 5) is 0. The van der Waals surface area contributed by atoms with E-state index in [4.69, 9.17) is 0 Å². The summed E-state index contributed by atoms with van der Waals surface area (Å²) in [6, 6.07) is 35.3. The van der Waals surface area contributed by atoms with Crippen LogP contribution in [-0.2, 0) is 0 Å². The number of allylic oxidation sites excluding steroid dienone is 7. The summed E-state index contributed by atoms with van der Waals surface area (Å²) < 4.78 is 2.34. The smallest absolute Gasteiger partial charge is 0.241 e. The maximum Gasteiger partial charge on any atom is 0.241 e. The Hall–Kier alpha value is -4.56. The second-order valence-electron chi connectivity index (χ2n) is 9.19. The van der Waals surface area contributed by atoms with E-state index in [1.165, 1.54) is 43.8 Å². The zero-order valence-electron chi connectivity index (χ0n) is 22.3. The van der Waals surface area contributed by atoms with Crippen LogP contribution in [0.5, 0.6) is 0 Å². The molecular weight excluding hydrogens is 457 g/mol. The maximum atomic E-state index is 3.95. The second kappa shape index (κ2) is 12.6. The van der Waals surface area contributed by atoms with Crippen molar-refractivity contribution in [2.75, 3.05) is 0 Å². The molecule has 0 amide bonds. The van der Waals surface area contributed by atoms with Gasteiger partial charge in [0.25, 0.3) is 0 Å². The van der Waals surface area contributed by atoms with E-state index < -0.39 is 0 Å². The predicted octanol–water partition coefficient (Wildman–Crippen LogP) is 7.58. The van der Waals surface area contributed by atoms with Gasteiger partial charge in [-0.2, -0.15) is 0 Å². The number of fused-ring (bicyclic) bond motifs is 3. The Balaban J connectivity index is 0.000000786. The normalized spacial score (nSPS) is 11.3. The van der Waals surface area contributed by atoms with Crippen molar-refractivity contribution in [3.05, 3.63) is 159 Å². The van der Waals surface area contributed by atoms with Gasteiger partial charge in [0.1, 0.15) is 0 Å². The highest BCUT2D eigenvalue weighted by molar-refractivity contribution is 6.95. The van der Waals surface area contributed by atoms with Crippen LogP contribution in [0.1, 0.15) is 12.5 Å². The maximum absolute atomic E-state index is 3.95. The molecule has 0 aliphatic heterocycles. The first-order valence-electron chi connectivity index (χ1n) is 13.0. The zero-order valence-corrected chi connectivity index (χ0v) is 22.3. The van der Waals surface area contributed by atoms with Crippen molar-refractivity contribution >= 4 is 50.6 Å². The van der Waals surface area contributed by atoms with Crippen LogP contribution >= 0.6 is 0 Å². The molecule has 186 valence electrons. The van der Waals surface area contributed by atoms with Crippen LogP contribution < -0.4 is 16.4 Å². The van der Waals surface area contributed by atoms with Crippen molar-refractivity contribution in [2.24, 2.45) is 0 Å². The monoisotopic (exact) mass is 491 g/mol. The highest BCUT2D eigenvalue weighted by atomic mass is 15.0. The van der Waals surface area contributed by atoms with Crippen molar-refractivity contribution in [1.29, 1.82) is 0 Å². The Morgan fingerprint density at radius 1 is 0.658 bits per heavy atom. The average Bonchev–Trinajstić information content (AvgIpc) is 3.27. The Kier molecular flexibility index (Phi) is 8.79. The van der Waals surface area contributed by atoms with Gasteiger partial charge in [-0.15, -0.1) is 0 Å². The molecule has 5 aromatic rings. The van der Waals surface area contributed by atoms with Gasteiger partial charge in [0, 0.05) is 16.5 Å². The fraction of sp³-hybridized carbons (Fsp3) is 0.0556. The highest BCUT2D eigenvalue weighted by Crippen LogP contribution is 2.32. The number of benzene rings is 4. The Morgan fingerprint density at radius 3 is 1.74 bits per heavy atom. The molecule has 0 bridgehead atoms. The molecule has 5 rings (SSSR count). The minimum Gasteiger partial charge on any atom is -0.309 e. The van der Waals surface area contributed by atoms with Crippen LogP contribution in [0.15, 0.2) is 153 Å². The molecule has 38 heavy (non-hydrogen) atoms. The van der Waals surface area contributed by atoms with E-state index in [1.807, 2.05) is 6.08 Å². The first-order chi connectivity index (χ1) is 18.6. The predicted molar refractivity (Wildman–Crippen MR) is 171 cm³/mol. The number of rotatable bonds is 7. The Morgan fingerprint density at radius 2 is 1.21 bits per heavy atom. The molecule has 1 heterocycles. The molecule has 0 aliphatic carbocycles. The molecule has 1 aromatic heterocycles. The van der Waals surface area contributed by atoms with Crippen molar-refractivity contribution in [2.45, 2.75) is 13.8 Å². The Bertz CT molecular complexity index is 1570. The molecule has 1 nitrogen and oxygen atoms in total. The molecule has 0 fully saturated rings. The fourth-order valence-electron chi connectivity index (χ4n) is 4.98. The largest absolute Gasteiger partial charge is 0.309 e. The lowest BCUT2D eigenvalue weighted by Gasteiger charge is -2.16. The average molecular weight is 491 g/mol. The summed E-state index contributed by atoms with van der Waals surface area (Å²) in [5, 5.41) is 2.55. The van der Waals surface area contributed by atoms with Gasteiger partial charge >= 0.3 is 0 Å². The minimum atomic E-state index is 0.175. The number of hydrogen-bond donors (Lipinski definition) is 0. The quantitative estimate of drug-likeness (QED) is 0.163. The molecule has 0 aliphatic rings. The van der Waals surface area contributed by atoms with Gasteiger partial charge in [0.15, 0.2) is 0 Å². The lowest BCUT2D eigenvalue weighted by Crippen LogP contribution is -2.51. The second-order valence-corrected chi connectivity index (χ2v) is 9.19. The Labute approximate surface area is 227 Å². The van der Waals surface area contributed by atoms with Crippen LogP contribution in [0.4, 0.5) is 0 Å². The summed E-state index contributed by atoms with van der Waals surface area (Å²) >= 11 is 0. The van der Waals surface area contributed by atoms with Crippen LogP contribution in [0.3, 0.4) is 0 Å². The van der Waals surface area contributed by atoms with Gasteiger partial charge in [0.05, 0.1) is 11.0 Å². The van der Waals surface area contributed by atoms with Gasteiger partial charge in [0.2, 0.25) is 6.71 Å². The van der Waals surface area contributed by atoms with Crippen LogP contribution in [-0.4, -0.2) is 11.3 Å². The van der Waals surface area contributed by atoms with E-state index >= 15 is 0 Å². The molecule has 0 radical (unpaired) electrons. The summed E-state index contributed by atoms with van der Waals surface area (Å²) in [6.07, 6.45) is 11.4. The lowest BCUT2D eigenvalue weighted by molar-refractivity contribution is 1.23. The van der Waals surface area contributed by atoms with Crippen LogP contribution in [0, 0.1) is 6.92 Å². The topological polar surface area (TPSA) is 4.93 Å². The van der Waals surface area contributed by atoms with E-state index in [9.17, 15) is 0 Å².